The Morgan fingerprint density at radius 1 is 0.839 bits per heavy atom. The largest absolute Gasteiger partial charge is 0.479 e. The fraction of sp³-hybridized carbons (Fsp3) is 0.120. The van der Waals surface area contributed by atoms with Crippen molar-refractivity contribution in [2.75, 3.05) is 0 Å². The highest BCUT2D eigenvalue weighted by Crippen LogP contribution is 2.32. The minimum atomic E-state index is -1.20. The lowest BCUT2D eigenvalue weighted by atomic mass is 9.99. The van der Waals surface area contributed by atoms with Crippen molar-refractivity contribution in [1.29, 1.82) is 0 Å². The summed E-state index contributed by atoms with van der Waals surface area (Å²) in [5.74, 6) is -1.56. The molecule has 0 aromatic heterocycles. The van der Waals surface area contributed by atoms with E-state index >= 15 is 0 Å². The molecular weight excluding hydrogens is 433 g/mol. The van der Waals surface area contributed by atoms with Gasteiger partial charge < -0.3 is 10.0 Å². The molecule has 2 atom stereocenters. The predicted molar refractivity (Wildman–Crippen MR) is 124 cm³/mol. The van der Waals surface area contributed by atoms with Gasteiger partial charge in [-0.25, -0.2) is 4.79 Å². The van der Waals surface area contributed by atoms with Crippen LogP contribution in [0.3, 0.4) is 0 Å². The Morgan fingerprint density at radius 2 is 1.35 bits per heavy atom. The average molecular weight is 454 g/mol. The van der Waals surface area contributed by atoms with Crippen LogP contribution in [0.15, 0.2) is 84.9 Å². The van der Waals surface area contributed by atoms with E-state index in [0.29, 0.717) is 15.6 Å². The Balaban J connectivity index is 2.04. The molecule has 0 radical (unpaired) electrons. The molecule has 0 aliphatic heterocycles. The number of carboxylic acids is 1. The maximum Gasteiger partial charge on any atom is 0.331 e. The number of carbonyl (C=O) groups excluding carboxylic acids is 1. The van der Waals surface area contributed by atoms with E-state index in [0.717, 1.165) is 11.1 Å². The number of benzene rings is 3. The number of halogens is 2. The van der Waals surface area contributed by atoms with Crippen molar-refractivity contribution in [3.05, 3.63) is 112 Å². The minimum Gasteiger partial charge on any atom is -0.479 e. The van der Waals surface area contributed by atoms with E-state index in [2.05, 4.69) is 0 Å². The fourth-order valence-corrected chi connectivity index (χ4v) is 3.58. The average Bonchev–Trinajstić information content (AvgIpc) is 2.77. The summed E-state index contributed by atoms with van der Waals surface area (Å²) in [6, 6.07) is 21.1. The van der Waals surface area contributed by atoms with Gasteiger partial charge in [-0.2, -0.15) is 0 Å². The summed E-state index contributed by atoms with van der Waals surface area (Å²) in [5, 5.41) is 11.1. The van der Waals surface area contributed by atoms with Crippen LogP contribution in [-0.2, 0) is 9.59 Å². The molecule has 0 aliphatic carbocycles. The molecule has 0 heterocycles. The minimum absolute atomic E-state index is 0.423. The zero-order chi connectivity index (χ0) is 22.4. The first kappa shape index (κ1) is 22.6. The van der Waals surface area contributed by atoms with Crippen molar-refractivity contribution < 1.29 is 14.7 Å². The molecule has 1 unspecified atom stereocenters. The SMILES string of the molecule is CC(c1ccc(Cl)cc1)N(C(=O)C=Cc1ccccc1)[C@H](C(=O)O)c1ccc(Cl)cc1. The molecule has 3 aromatic rings. The quantitative estimate of drug-likeness (QED) is 0.419. The van der Waals surface area contributed by atoms with E-state index < -0.39 is 24.0 Å². The second-order valence-corrected chi connectivity index (χ2v) is 7.88. The molecule has 158 valence electrons. The summed E-state index contributed by atoms with van der Waals surface area (Å²) in [7, 11) is 0. The first-order valence-electron chi connectivity index (χ1n) is 9.66. The second-order valence-electron chi connectivity index (χ2n) is 7.01. The molecule has 4 nitrogen and oxygen atoms in total. The van der Waals surface area contributed by atoms with Crippen molar-refractivity contribution in [3.8, 4) is 0 Å². The van der Waals surface area contributed by atoms with Gasteiger partial charge in [0, 0.05) is 16.1 Å². The highest BCUT2D eigenvalue weighted by molar-refractivity contribution is 6.30. The van der Waals surface area contributed by atoms with E-state index in [4.69, 9.17) is 23.2 Å². The van der Waals surface area contributed by atoms with Crippen LogP contribution in [0.1, 0.15) is 35.7 Å². The molecule has 31 heavy (non-hydrogen) atoms. The fourth-order valence-electron chi connectivity index (χ4n) is 3.33. The molecule has 1 N–H and O–H groups in total. The summed E-state index contributed by atoms with van der Waals surface area (Å²) in [4.78, 5) is 27.0. The van der Waals surface area contributed by atoms with Gasteiger partial charge in [-0.3, -0.25) is 4.79 Å². The van der Waals surface area contributed by atoms with Crippen LogP contribution < -0.4 is 0 Å². The normalized spacial score (nSPS) is 13.0. The number of amides is 1. The van der Waals surface area contributed by atoms with Crippen molar-refractivity contribution in [2.24, 2.45) is 0 Å². The van der Waals surface area contributed by atoms with E-state index in [1.54, 1.807) is 61.5 Å². The van der Waals surface area contributed by atoms with Gasteiger partial charge in [0.2, 0.25) is 5.91 Å². The summed E-state index contributed by atoms with van der Waals surface area (Å²) in [6.45, 7) is 1.79. The highest BCUT2D eigenvalue weighted by Gasteiger charge is 2.34. The monoisotopic (exact) mass is 453 g/mol. The standard InChI is InChI=1S/C25H21Cl2NO3/c1-17(19-8-12-21(26)13-9-19)28(23(29)16-7-18-5-3-2-4-6-18)24(25(30)31)20-10-14-22(27)15-11-20/h2-17,24H,1H3,(H,30,31)/t17?,24-/m0/s1. The number of nitrogens with zero attached hydrogens (tertiary/aromatic N) is 1. The molecule has 1 amide bonds. The third kappa shape index (κ3) is 5.75. The van der Waals surface area contributed by atoms with E-state index in [-0.39, 0.29) is 0 Å². The lowest BCUT2D eigenvalue weighted by Crippen LogP contribution is -2.40. The Morgan fingerprint density at radius 3 is 1.87 bits per heavy atom. The van der Waals surface area contributed by atoms with E-state index in [1.807, 2.05) is 30.3 Å². The van der Waals surface area contributed by atoms with Crippen LogP contribution in [-0.4, -0.2) is 21.9 Å². The van der Waals surface area contributed by atoms with Crippen molar-refractivity contribution in [1.82, 2.24) is 4.90 Å². The van der Waals surface area contributed by atoms with Crippen LogP contribution in [0.5, 0.6) is 0 Å². The molecule has 0 aliphatic rings. The summed E-state index contributed by atoms with van der Waals surface area (Å²) in [5.41, 5.74) is 2.07. The number of hydrogen-bond acceptors (Lipinski definition) is 2. The summed E-state index contributed by atoms with van der Waals surface area (Å²) >= 11 is 12.0. The predicted octanol–water partition coefficient (Wildman–Crippen LogP) is 6.42. The summed E-state index contributed by atoms with van der Waals surface area (Å²) < 4.78 is 0. The molecule has 6 heteroatoms. The highest BCUT2D eigenvalue weighted by atomic mass is 35.5. The topological polar surface area (TPSA) is 57.6 Å². The lowest BCUT2D eigenvalue weighted by Gasteiger charge is -2.34. The van der Waals surface area contributed by atoms with Crippen LogP contribution in [0.4, 0.5) is 0 Å². The first-order valence-corrected chi connectivity index (χ1v) is 10.4. The molecule has 3 rings (SSSR count). The molecule has 0 saturated heterocycles. The Bertz CT molecular complexity index is 1060. The maximum atomic E-state index is 13.3. The Hall–Kier alpha value is -3.08. The smallest absolute Gasteiger partial charge is 0.331 e. The maximum absolute atomic E-state index is 13.3. The zero-order valence-electron chi connectivity index (χ0n) is 16.8. The van der Waals surface area contributed by atoms with Crippen LogP contribution >= 0.6 is 23.2 Å². The molecule has 0 spiro atoms. The molecular formula is C25H21Cl2NO3. The van der Waals surface area contributed by atoms with Crippen molar-refractivity contribution in [3.63, 3.8) is 0 Å². The van der Waals surface area contributed by atoms with Crippen molar-refractivity contribution >= 4 is 41.2 Å². The molecule has 0 saturated carbocycles. The molecule has 0 fully saturated rings. The number of aliphatic carboxylic acids is 1. The lowest BCUT2D eigenvalue weighted by molar-refractivity contribution is -0.150. The van der Waals surface area contributed by atoms with E-state index in [1.165, 1.54) is 11.0 Å². The van der Waals surface area contributed by atoms with Gasteiger partial charge in [-0.15, -0.1) is 0 Å². The Kier molecular flexibility index (Phi) is 7.50. The van der Waals surface area contributed by atoms with Crippen LogP contribution in [0.25, 0.3) is 6.08 Å². The Labute approximate surface area is 191 Å². The van der Waals surface area contributed by atoms with Gasteiger partial charge in [0.25, 0.3) is 0 Å². The second kappa shape index (κ2) is 10.3. The summed E-state index contributed by atoms with van der Waals surface area (Å²) in [6.07, 6.45) is 3.07. The van der Waals surface area contributed by atoms with Crippen molar-refractivity contribution in [2.45, 2.75) is 19.0 Å². The van der Waals surface area contributed by atoms with Crippen LogP contribution in [0.2, 0.25) is 10.0 Å². The van der Waals surface area contributed by atoms with Gasteiger partial charge >= 0.3 is 5.97 Å². The number of carboxylic acid groups (broad SMARTS) is 1. The third-order valence-electron chi connectivity index (χ3n) is 4.94. The third-order valence-corrected chi connectivity index (χ3v) is 5.44. The number of rotatable bonds is 7. The van der Waals surface area contributed by atoms with Gasteiger partial charge in [0.1, 0.15) is 0 Å². The molecule has 3 aromatic carbocycles. The zero-order valence-corrected chi connectivity index (χ0v) is 18.3. The van der Waals surface area contributed by atoms with Gasteiger partial charge in [0.15, 0.2) is 6.04 Å². The first-order chi connectivity index (χ1) is 14.9. The molecule has 0 bridgehead atoms. The van der Waals surface area contributed by atoms with Gasteiger partial charge in [-0.05, 0) is 54.0 Å². The van der Waals surface area contributed by atoms with Crippen LogP contribution in [0, 0.1) is 0 Å². The number of carbonyl (C=O) groups is 2. The van der Waals surface area contributed by atoms with Gasteiger partial charge in [0.05, 0.1) is 6.04 Å². The number of hydrogen-bond donors (Lipinski definition) is 1. The van der Waals surface area contributed by atoms with Gasteiger partial charge in [-0.1, -0.05) is 77.8 Å². The van der Waals surface area contributed by atoms with E-state index in [9.17, 15) is 14.7 Å².